The van der Waals surface area contributed by atoms with Crippen molar-refractivity contribution >= 4 is 22.4 Å². The summed E-state index contributed by atoms with van der Waals surface area (Å²) < 4.78 is 0. The molecule has 1 fully saturated rings. The predicted molar refractivity (Wildman–Crippen MR) is 147 cm³/mol. The molecule has 5 rings (SSSR count). The van der Waals surface area contributed by atoms with Crippen molar-refractivity contribution in [3.05, 3.63) is 106 Å². The zero-order valence-corrected chi connectivity index (χ0v) is 21.1. The molecule has 1 N–H and O–H groups in total. The van der Waals surface area contributed by atoms with Gasteiger partial charge in [-0.05, 0) is 49.0 Å². The molecule has 1 aliphatic heterocycles. The minimum absolute atomic E-state index is 0.149. The van der Waals surface area contributed by atoms with Gasteiger partial charge >= 0.3 is 0 Å². The number of piperazine rings is 1. The fourth-order valence-electron chi connectivity index (χ4n) is 4.08. The second-order valence-electron chi connectivity index (χ2n) is 8.97. The first-order valence-electron chi connectivity index (χ1n) is 12.1. The summed E-state index contributed by atoms with van der Waals surface area (Å²) in [4.78, 5) is 22.2. The van der Waals surface area contributed by atoms with E-state index in [0.717, 1.165) is 55.1 Å². The number of carbonyl (C=O) groups is 1. The number of benzene rings is 3. The number of rotatable bonds is 5. The lowest BCUT2D eigenvalue weighted by atomic mass is 10.1. The van der Waals surface area contributed by atoms with Gasteiger partial charge in [0.2, 0.25) is 0 Å². The number of aromatic nitrogens is 1. The maximum atomic E-state index is 12.8. The van der Waals surface area contributed by atoms with Crippen molar-refractivity contribution < 1.29 is 4.79 Å². The van der Waals surface area contributed by atoms with E-state index in [1.165, 1.54) is 16.9 Å². The standard InChI is InChI=1S/C30H28N4OS/c1-33-16-18-34(19-17-33)21-25-12-14-26(15-13-25)29(35)32-30-31-28(22-36-30)27-9-5-8-24(20-27)11-10-23-6-3-2-4-7-23/h2-9,12-15,20,22H,16-19,21H2,1H3,(H,31,32,35). The predicted octanol–water partition coefficient (Wildman–Crippen LogP) is 5.21. The van der Waals surface area contributed by atoms with E-state index in [-0.39, 0.29) is 5.91 Å². The lowest BCUT2D eigenvalue weighted by Gasteiger charge is -2.32. The van der Waals surface area contributed by atoms with Crippen molar-refractivity contribution in [1.82, 2.24) is 14.8 Å². The zero-order chi connectivity index (χ0) is 24.7. The molecule has 1 aliphatic rings. The topological polar surface area (TPSA) is 48.5 Å². The highest BCUT2D eigenvalue weighted by atomic mass is 32.1. The molecule has 36 heavy (non-hydrogen) atoms. The summed E-state index contributed by atoms with van der Waals surface area (Å²) in [6.07, 6.45) is 0. The van der Waals surface area contributed by atoms with Crippen LogP contribution in [-0.2, 0) is 6.54 Å². The average molecular weight is 493 g/mol. The third-order valence-electron chi connectivity index (χ3n) is 6.23. The van der Waals surface area contributed by atoms with Gasteiger partial charge in [0.15, 0.2) is 5.13 Å². The second-order valence-corrected chi connectivity index (χ2v) is 9.82. The number of thiazole rings is 1. The third-order valence-corrected chi connectivity index (χ3v) is 6.98. The lowest BCUT2D eigenvalue weighted by molar-refractivity contribution is 0.102. The van der Waals surface area contributed by atoms with Gasteiger partial charge in [-0.2, -0.15) is 0 Å². The SMILES string of the molecule is CN1CCN(Cc2ccc(C(=O)Nc3nc(-c4cccc(C#Cc5ccccc5)c4)cs3)cc2)CC1. The summed E-state index contributed by atoms with van der Waals surface area (Å²) in [5.74, 6) is 6.25. The van der Waals surface area contributed by atoms with Crippen LogP contribution in [0.4, 0.5) is 5.13 Å². The van der Waals surface area contributed by atoms with Gasteiger partial charge in [0.05, 0.1) is 5.69 Å². The summed E-state index contributed by atoms with van der Waals surface area (Å²) >= 11 is 1.42. The molecule has 0 spiro atoms. The quantitative estimate of drug-likeness (QED) is 0.389. The molecule has 1 amide bonds. The van der Waals surface area contributed by atoms with Gasteiger partial charge in [0.1, 0.15) is 0 Å². The molecule has 0 saturated carbocycles. The van der Waals surface area contributed by atoms with Crippen LogP contribution in [0.15, 0.2) is 84.2 Å². The van der Waals surface area contributed by atoms with E-state index in [0.29, 0.717) is 10.7 Å². The van der Waals surface area contributed by atoms with Crippen LogP contribution in [0.25, 0.3) is 11.3 Å². The number of likely N-dealkylation sites (N-methyl/N-ethyl adjacent to an activating group) is 1. The van der Waals surface area contributed by atoms with E-state index in [2.05, 4.69) is 39.0 Å². The zero-order valence-electron chi connectivity index (χ0n) is 20.3. The second kappa shape index (κ2) is 11.3. The van der Waals surface area contributed by atoms with Gasteiger partial charge in [-0.25, -0.2) is 4.98 Å². The molecule has 0 radical (unpaired) electrons. The summed E-state index contributed by atoms with van der Waals surface area (Å²) in [5.41, 5.74) is 5.55. The Labute approximate surface area is 216 Å². The number of amides is 1. The number of hydrogen-bond acceptors (Lipinski definition) is 5. The first-order valence-corrected chi connectivity index (χ1v) is 12.9. The minimum Gasteiger partial charge on any atom is -0.304 e. The Morgan fingerprint density at radius 2 is 1.64 bits per heavy atom. The number of nitrogens with zero attached hydrogens (tertiary/aromatic N) is 3. The van der Waals surface area contributed by atoms with Gasteiger partial charge in [0, 0.05) is 60.4 Å². The number of anilines is 1. The molecular formula is C30H28N4OS. The molecule has 0 aliphatic carbocycles. The Bertz CT molecular complexity index is 1380. The summed E-state index contributed by atoms with van der Waals surface area (Å²) in [5, 5.41) is 5.48. The van der Waals surface area contributed by atoms with Crippen molar-refractivity contribution in [2.24, 2.45) is 0 Å². The van der Waals surface area contributed by atoms with Crippen LogP contribution in [-0.4, -0.2) is 53.9 Å². The molecule has 180 valence electrons. The molecule has 2 heterocycles. The van der Waals surface area contributed by atoms with Crippen molar-refractivity contribution in [1.29, 1.82) is 0 Å². The minimum atomic E-state index is -0.149. The molecule has 1 aromatic heterocycles. The van der Waals surface area contributed by atoms with Crippen molar-refractivity contribution in [3.63, 3.8) is 0 Å². The van der Waals surface area contributed by atoms with E-state index < -0.39 is 0 Å². The Morgan fingerprint density at radius 3 is 2.42 bits per heavy atom. The molecule has 0 bridgehead atoms. The van der Waals surface area contributed by atoms with E-state index >= 15 is 0 Å². The van der Waals surface area contributed by atoms with Crippen molar-refractivity contribution in [3.8, 4) is 23.1 Å². The van der Waals surface area contributed by atoms with Crippen LogP contribution in [0.2, 0.25) is 0 Å². The summed E-state index contributed by atoms with van der Waals surface area (Å²) in [6, 6.07) is 25.8. The smallest absolute Gasteiger partial charge is 0.257 e. The van der Waals surface area contributed by atoms with Crippen LogP contribution in [0.5, 0.6) is 0 Å². The van der Waals surface area contributed by atoms with Crippen LogP contribution in [0.3, 0.4) is 0 Å². The van der Waals surface area contributed by atoms with Gasteiger partial charge in [0.25, 0.3) is 5.91 Å². The third kappa shape index (κ3) is 6.27. The van der Waals surface area contributed by atoms with Gasteiger partial charge < -0.3 is 4.90 Å². The normalized spacial score (nSPS) is 14.1. The molecule has 0 unspecified atom stereocenters. The van der Waals surface area contributed by atoms with E-state index in [9.17, 15) is 4.79 Å². The van der Waals surface area contributed by atoms with Crippen molar-refractivity contribution in [2.45, 2.75) is 6.54 Å². The fraction of sp³-hybridized carbons (Fsp3) is 0.200. The number of nitrogens with one attached hydrogen (secondary N) is 1. The first-order chi connectivity index (χ1) is 17.6. The molecule has 4 aromatic rings. The number of hydrogen-bond donors (Lipinski definition) is 1. The van der Waals surface area contributed by atoms with E-state index in [1.54, 1.807) is 0 Å². The fourth-order valence-corrected chi connectivity index (χ4v) is 4.80. The highest BCUT2D eigenvalue weighted by Crippen LogP contribution is 2.26. The molecule has 1 saturated heterocycles. The molecule has 3 aromatic carbocycles. The Balaban J connectivity index is 1.20. The maximum Gasteiger partial charge on any atom is 0.257 e. The van der Waals surface area contributed by atoms with Gasteiger partial charge in [-0.1, -0.05) is 54.3 Å². The molecular weight excluding hydrogens is 464 g/mol. The monoisotopic (exact) mass is 492 g/mol. The van der Waals surface area contributed by atoms with E-state index in [1.807, 2.05) is 84.2 Å². The average Bonchev–Trinajstić information content (AvgIpc) is 3.38. The van der Waals surface area contributed by atoms with Gasteiger partial charge in [-0.15, -0.1) is 11.3 Å². The number of carbonyl (C=O) groups excluding carboxylic acids is 1. The first kappa shape index (κ1) is 24.0. The summed E-state index contributed by atoms with van der Waals surface area (Å²) in [6.45, 7) is 5.27. The highest BCUT2D eigenvalue weighted by molar-refractivity contribution is 7.14. The highest BCUT2D eigenvalue weighted by Gasteiger charge is 2.15. The Hall–Kier alpha value is -3.76. The Kier molecular flexibility index (Phi) is 7.53. The van der Waals surface area contributed by atoms with Crippen LogP contribution in [0.1, 0.15) is 27.0 Å². The molecule has 5 nitrogen and oxygen atoms in total. The molecule has 6 heteroatoms. The van der Waals surface area contributed by atoms with E-state index in [4.69, 9.17) is 0 Å². The van der Waals surface area contributed by atoms with Crippen LogP contribution >= 0.6 is 11.3 Å². The van der Waals surface area contributed by atoms with Crippen molar-refractivity contribution in [2.75, 3.05) is 38.5 Å². The summed E-state index contributed by atoms with van der Waals surface area (Å²) in [7, 11) is 2.16. The maximum absolute atomic E-state index is 12.8. The van der Waals surface area contributed by atoms with Crippen LogP contribution in [0, 0.1) is 11.8 Å². The van der Waals surface area contributed by atoms with Gasteiger partial charge in [-0.3, -0.25) is 15.0 Å². The largest absolute Gasteiger partial charge is 0.304 e. The van der Waals surface area contributed by atoms with Crippen LogP contribution < -0.4 is 5.32 Å². The lowest BCUT2D eigenvalue weighted by Crippen LogP contribution is -2.43. The molecule has 0 atom stereocenters. The Morgan fingerprint density at radius 1 is 0.917 bits per heavy atom.